The van der Waals surface area contributed by atoms with E-state index in [-0.39, 0.29) is 19.1 Å². The van der Waals surface area contributed by atoms with Crippen molar-refractivity contribution in [2.24, 2.45) is 0 Å². The van der Waals surface area contributed by atoms with Gasteiger partial charge in [-0.05, 0) is 6.42 Å². The number of carbonyl (C=O) groups excluding carboxylic acids is 1. The summed E-state index contributed by atoms with van der Waals surface area (Å²) in [6.07, 6.45) is -0.209. The molecule has 2 aromatic heterocycles. The van der Waals surface area contributed by atoms with E-state index in [1.54, 1.807) is 11.5 Å². The predicted molar refractivity (Wildman–Crippen MR) is 95.3 cm³/mol. The number of aromatic nitrogens is 4. The fraction of sp³-hybridized carbons (Fsp3) is 0.647. The Hall–Kier alpha value is -2.34. The Bertz CT molecular complexity index is 839. The Balaban J connectivity index is 1.54. The highest BCUT2D eigenvalue weighted by Gasteiger charge is 2.45. The largest absolute Gasteiger partial charge is 0.463 e. The summed E-state index contributed by atoms with van der Waals surface area (Å²) in [5, 5.41) is 24.0. The minimum Gasteiger partial charge on any atom is -0.463 e. The van der Waals surface area contributed by atoms with Crippen molar-refractivity contribution >= 4 is 23.0 Å². The molecule has 0 saturated carbocycles. The van der Waals surface area contributed by atoms with Gasteiger partial charge in [0, 0.05) is 13.0 Å². The molecule has 2 fully saturated rings. The molecule has 0 unspecified atom stereocenters. The molecule has 0 aliphatic carbocycles. The lowest BCUT2D eigenvalue weighted by atomic mass is 10.1. The van der Waals surface area contributed by atoms with Crippen molar-refractivity contribution in [3.05, 3.63) is 12.7 Å². The van der Waals surface area contributed by atoms with Crippen LogP contribution in [0.3, 0.4) is 0 Å². The summed E-state index contributed by atoms with van der Waals surface area (Å²) in [5.41, 5.74) is 0.986. The second kappa shape index (κ2) is 7.95. The van der Waals surface area contributed by atoms with Crippen molar-refractivity contribution < 1.29 is 29.2 Å². The Kier molecular flexibility index (Phi) is 5.40. The summed E-state index contributed by atoms with van der Waals surface area (Å²) >= 11 is 0. The lowest BCUT2D eigenvalue weighted by molar-refractivity contribution is -0.149. The fourth-order valence-electron chi connectivity index (χ4n) is 3.36. The van der Waals surface area contributed by atoms with E-state index in [0.717, 1.165) is 6.42 Å². The van der Waals surface area contributed by atoms with Crippen molar-refractivity contribution in [2.75, 3.05) is 25.1 Å². The van der Waals surface area contributed by atoms with E-state index in [2.05, 4.69) is 20.3 Å². The first-order valence-corrected chi connectivity index (χ1v) is 9.27. The standard InChI is InChI=1S/C17H23N5O6/c1-2-11(23)27-6-10-13(24)14(25)17(28-10)22-8-20-12-15(18-7-19-16(12)22)21-9-3-4-26-5-9/h7-10,13-14,17,24-25H,2-6H2,1H3,(H,18,19,21)/t9-,10+,13+,14+,17+/m1/s1. The molecule has 0 bridgehead atoms. The molecule has 3 N–H and O–H groups in total. The van der Waals surface area contributed by atoms with Gasteiger partial charge in [-0.25, -0.2) is 15.0 Å². The lowest BCUT2D eigenvalue weighted by Gasteiger charge is -2.17. The van der Waals surface area contributed by atoms with Crippen LogP contribution in [-0.4, -0.2) is 79.9 Å². The third-order valence-electron chi connectivity index (χ3n) is 4.94. The fourth-order valence-corrected chi connectivity index (χ4v) is 3.36. The summed E-state index contributed by atoms with van der Waals surface area (Å²) < 4.78 is 17.7. The second-order valence-corrected chi connectivity index (χ2v) is 6.83. The number of aliphatic hydroxyl groups excluding tert-OH is 2. The van der Waals surface area contributed by atoms with Gasteiger partial charge in [-0.3, -0.25) is 9.36 Å². The molecule has 5 atom stereocenters. The van der Waals surface area contributed by atoms with Crippen LogP contribution in [0.15, 0.2) is 12.7 Å². The summed E-state index contributed by atoms with van der Waals surface area (Å²) in [6.45, 7) is 2.83. The van der Waals surface area contributed by atoms with E-state index in [1.165, 1.54) is 12.7 Å². The predicted octanol–water partition coefficient (Wildman–Crippen LogP) is -0.400. The highest BCUT2D eigenvalue weighted by Crippen LogP contribution is 2.32. The summed E-state index contributed by atoms with van der Waals surface area (Å²) in [4.78, 5) is 24.2. The Morgan fingerprint density at radius 2 is 2.21 bits per heavy atom. The topological polar surface area (TPSA) is 141 Å². The molecule has 4 rings (SSSR count). The van der Waals surface area contributed by atoms with Crippen LogP contribution < -0.4 is 5.32 Å². The molecule has 2 saturated heterocycles. The van der Waals surface area contributed by atoms with Crippen molar-refractivity contribution in [1.82, 2.24) is 19.5 Å². The second-order valence-electron chi connectivity index (χ2n) is 6.83. The van der Waals surface area contributed by atoms with Gasteiger partial charge in [-0.2, -0.15) is 0 Å². The third-order valence-corrected chi connectivity index (χ3v) is 4.94. The number of imidazole rings is 1. The van der Waals surface area contributed by atoms with Gasteiger partial charge in [-0.15, -0.1) is 0 Å². The number of esters is 1. The molecule has 2 aliphatic heterocycles. The van der Waals surface area contributed by atoms with Crippen molar-refractivity contribution in [3.63, 3.8) is 0 Å². The quantitative estimate of drug-likeness (QED) is 0.555. The Morgan fingerprint density at radius 3 is 2.96 bits per heavy atom. The number of aliphatic hydroxyl groups is 2. The third kappa shape index (κ3) is 3.53. The number of fused-ring (bicyclic) bond motifs is 1. The van der Waals surface area contributed by atoms with Crippen LogP contribution >= 0.6 is 0 Å². The van der Waals surface area contributed by atoms with Crippen LogP contribution in [0.2, 0.25) is 0 Å². The SMILES string of the molecule is CCC(=O)OC[C@@H]1O[C@H](n2cnc3c(N[C@@H]4CCOC4)ncnc32)[C@@H](O)[C@H]1O. The van der Waals surface area contributed by atoms with E-state index in [9.17, 15) is 15.0 Å². The highest BCUT2D eigenvalue weighted by molar-refractivity contribution is 5.82. The maximum Gasteiger partial charge on any atom is 0.305 e. The van der Waals surface area contributed by atoms with Crippen molar-refractivity contribution in [2.45, 2.75) is 50.3 Å². The highest BCUT2D eigenvalue weighted by atomic mass is 16.6. The van der Waals surface area contributed by atoms with Crippen LogP contribution in [0.4, 0.5) is 5.82 Å². The average molecular weight is 393 g/mol. The molecule has 0 amide bonds. The Morgan fingerprint density at radius 1 is 1.36 bits per heavy atom. The molecular weight excluding hydrogens is 370 g/mol. The maximum absolute atomic E-state index is 11.4. The lowest BCUT2D eigenvalue weighted by Crippen LogP contribution is -2.34. The minimum absolute atomic E-state index is 0.141. The molecule has 0 radical (unpaired) electrons. The van der Waals surface area contributed by atoms with E-state index < -0.39 is 30.5 Å². The molecule has 0 aromatic carbocycles. The number of ether oxygens (including phenoxy) is 3. The first-order valence-electron chi connectivity index (χ1n) is 9.27. The Labute approximate surface area is 160 Å². The molecule has 152 valence electrons. The van der Waals surface area contributed by atoms with Crippen molar-refractivity contribution in [3.8, 4) is 0 Å². The molecule has 0 spiro atoms. The van der Waals surface area contributed by atoms with E-state index in [0.29, 0.717) is 30.2 Å². The molecule has 11 nitrogen and oxygen atoms in total. The molecular formula is C17H23N5O6. The number of anilines is 1. The average Bonchev–Trinajstić information content (AvgIpc) is 3.42. The van der Waals surface area contributed by atoms with Crippen LogP contribution in [-0.2, 0) is 19.0 Å². The zero-order valence-corrected chi connectivity index (χ0v) is 15.4. The number of nitrogens with zero attached hydrogens (tertiary/aromatic N) is 4. The smallest absolute Gasteiger partial charge is 0.305 e. The van der Waals surface area contributed by atoms with Crippen molar-refractivity contribution in [1.29, 1.82) is 0 Å². The first-order chi connectivity index (χ1) is 13.6. The number of rotatable bonds is 6. The van der Waals surface area contributed by atoms with E-state index in [4.69, 9.17) is 14.2 Å². The van der Waals surface area contributed by atoms with Gasteiger partial charge in [0.1, 0.15) is 31.2 Å². The minimum atomic E-state index is -1.22. The van der Waals surface area contributed by atoms with E-state index >= 15 is 0 Å². The molecule has 2 aliphatic rings. The van der Waals surface area contributed by atoms with Crippen LogP contribution in [0.5, 0.6) is 0 Å². The van der Waals surface area contributed by atoms with Gasteiger partial charge in [0.2, 0.25) is 0 Å². The van der Waals surface area contributed by atoms with Gasteiger partial charge in [0.25, 0.3) is 0 Å². The number of carbonyl (C=O) groups is 1. The molecule has 28 heavy (non-hydrogen) atoms. The van der Waals surface area contributed by atoms with Gasteiger partial charge < -0.3 is 29.7 Å². The van der Waals surface area contributed by atoms with Gasteiger partial charge in [0.05, 0.1) is 19.0 Å². The maximum atomic E-state index is 11.4. The van der Waals surface area contributed by atoms with Crippen LogP contribution in [0.25, 0.3) is 11.2 Å². The van der Waals surface area contributed by atoms with E-state index in [1.807, 2.05) is 0 Å². The number of hydrogen-bond donors (Lipinski definition) is 3. The summed E-state index contributed by atoms with van der Waals surface area (Å²) in [5.74, 6) is 0.168. The first kappa shape index (κ1) is 19.0. The molecule has 4 heterocycles. The summed E-state index contributed by atoms with van der Waals surface area (Å²) in [6, 6.07) is 0.149. The molecule has 11 heteroatoms. The zero-order valence-electron chi connectivity index (χ0n) is 15.4. The van der Waals surface area contributed by atoms with Gasteiger partial charge in [-0.1, -0.05) is 6.92 Å². The zero-order chi connectivity index (χ0) is 19.7. The van der Waals surface area contributed by atoms with Gasteiger partial charge in [0.15, 0.2) is 23.2 Å². The number of hydrogen-bond acceptors (Lipinski definition) is 10. The molecule has 2 aromatic rings. The van der Waals surface area contributed by atoms with Crippen LogP contribution in [0.1, 0.15) is 26.0 Å². The monoisotopic (exact) mass is 393 g/mol. The van der Waals surface area contributed by atoms with Crippen LogP contribution in [0, 0.1) is 0 Å². The summed E-state index contributed by atoms with van der Waals surface area (Å²) in [7, 11) is 0. The number of nitrogens with one attached hydrogen (secondary N) is 1. The normalized spacial score (nSPS) is 30.0. The van der Waals surface area contributed by atoms with Gasteiger partial charge >= 0.3 is 5.97 Å².